The number of aliphatic hydroxyl groups is 1. The number of nitrogens with one attached hydrogen (secondary N) is 1. The van der Waals surface area contributed by atoms with Gasteiger partial charge in [-0.1, -0.05) is 23.2 Å². The molecule has 2 heterocycles. The number of aromatic nitrogens is 2. The van der Waals surface area contributed by atoms with Crippen molar-refractivity contribution in [2.45, 2.75) is 33.1 Å². The van der Waals surface area contributed by atoms with E-state index >= 15 is 0 Å². The Hall–Kier alpha value is -3.04. The van der Waals surface area contributed by atoms with E-state index in [1.165, 1.54) is 12.7 Å². The Bertz CT molecular complexity index is 895. The lowest BCUT2D eigenvalue weighted by atomic mass is 9.94. The van der Waals surface area contributed by atoms with Crippen molar-refractivity contribution >= 4 is 11.4 Å². The molecule has 0 aromatic carbocycles. The van der Waals surface area contributed by atoms with Crippen LogP contribution in [0.15, 0.2) is 35.5 Å². The SMILES string of the molecule is CO/N=C(\C)c1cccc(C#CCO)n1.Cc1ccc2c(n1)C(=N)CCC2. The normalized spacial score (nSPS) is 12.9. The molecule has 0 bridgehead atoms. The fraction of sp³-hybridized carbons (Fsp3) is 0.333. The molecule has 0 amide bonds. The Morgan fingerprint density at radius 1 is 1.26 bits per heavy atom. The first-order valence-corrected chi connectivity index (χ1v) is 8.74. The molecule has 0 saturated heterocycles. The van der Waals surface area contributed by atoms with Crippen LogP contribution in [0.1, 0.15) is 48.1 Å². The molecule has 6 heteroatoms. The summed E-state index contributed by atoms with van der Waals surface area (Å²) >= 11 is 0. The van der Waals surface area contributed by atoms with Gasteiger partial charge >= 0.3 is 0 Å². The van der Waals surface area contributed by atoms with E-state index < -0.39 is 0 Å². The molecule has 0 aliphatic heterocycles. The fourth-order valence-corrected chi connectivity index (χ4v) is 2.64. The summed E-state index contributed by atoms with van der Waals surface area (Å²) in [6.07, 6.45) is 3.09. The van der Waals surface area contributed by atoms with Gasteiger partial charge in [0.2, 0.25) is 0 Å². The Morgan fingerprint density at radius 2 is 2.07 bits per heavy atom. The molecule has 1 aliphatic carbocycles. The molecule has 140 valence electrons. The third kappa shape index (κ3) is 6.01. The average Bonchev–Trinajstić information content (AvgIpc) is 2.68. The summed E-state index contributed by atoms with van der Waals surface area (Å²) in [5, 5.41) is 20.0. The summed E-state index contributed by atoms with van der Waals surface area (Å²) < 4.78 is 0. The van der Waals surface area contributed by atoms with E-state index in [1.807, 2.05) is 25.1 Å². The van der Waals surface area contributed by atoms with Crippen molar-refractivity contribution < 1.29 is 9.94 Å². The molecule has 27 heavy (non-hydrogen) atoms. The van der Waals surface area contributed by atoms with Crippen molar-refractivity contribution in [1.82, 2.24) is 9.97 Å². The summed E-state index contributed by atoms with van der Waals surface area (Å²) in [5.41, 5.74) is 5.90. The number of hydrogen-bond acceptors (Lipinski definition) is 6. The lowest BCUT2D eigenvalue weighted by Crippen LogP contribution is -2.13. The number of fused-ring (bicyclic) bond motifs is 1. The largest absolute Gasteiger partial charge is 0.399 e. The number of hydrogen-bond donors (Lipinski definition) is 2. The third-order valence-electron chi connectivity index (χ3n) is 3.92. The Kier molecular flexibility index (Phi) is 7.65. The van der Waals surface area contributed by atoms with Gasteiger partial charge in [0.15, 0.2) is 0 Å². The maximum Gasteiger partial charge on any atom is 0.114 e. The molecule has 0 atom stereocenters. The molecule has 0 saturated carbocycles. The van der Waals surface area contributed by atoms with Gasteiger partial charge < -0.3 is 15.4 Å². The lowest BCUT2D eigenvalue weighted by Gasteiger charge is -2.15. The molecule has 6 nitrogen and oxygen atoms in total. The summed E-state index contributed by atoms with van der Waals surface area (Å²) in [6, 6.07) is 9.55. The number of nitrogens with zero attached hydrogens (tertiary/aromatic N) is 3. The molecule has 2 N–H and O–H groups in total. The van der Waals surface area contributed by atoms with Gasteiger partial charge in [-0.2, -0.15) is 0 Å². The smallest absolute Gasteiger partial charge is 0.114 e. The van der Waals surface area contributed by atoms with Crippen LogP contribution in [0.2, 0.25) is 0 Å². The second-order valence-electron chi connectivity index (χ2n) is 6.02. The zero-order chi connectivity index (χ0) is 19.6. The summed E-state index contributed by atoms with van der Waals surface area (Å²) in [7, 11) is 1.49. The second-order valence-corrected chi connectivity index (χ2v) is 6.02. The van der Waals surface area contributed by atoms with Crippen molar-refractivity contribution in [2.75, 3.05) is 13.7 Å². The van der Waals surface area contributed by atoms with Gasteiger partial charge in [-0.05, 0) is 62.8 Å². The highest BCUT2D eigenvalue weighted by molar-refractivity contribution is 5.98. The van der Waals surface area contributed by atoms with E-state index in [-0.39, 0.29) is 6.61 Å². The highest BCUT2D eigenvalue weighted by atomic mass is 16.6. The van der Waals surface area contributed by atoms with Crippen LogP contribution in [0.5, 0.6) is 0 Å². The number of aliphatic hydroxyl groups excluding tert-OH is 1. The van der Waals surface area contributed by atoms with Crippen LogP contribution in [0.25, 0.3) is 0 Å². The minimum Gasteiger partial charge on any atom is -0.399 e. The van der Waals surface area contributed by atoms with Gasteiger partial charge in [-0.3, -0.25) is 4.98 Å². The zero-order valence-corrected chi connectivity index (χ0v) is 15.9. The van der Waals surface area contributed by atoms with Crippen LogP contribution < -0.4 is 0 Å². The summed E-state index contributed by atoms with van der Waals surface area (Å²) in [4.78, 5) is 13.3. The second kappa shape index (κ2) is 10.2. The van der Waals surface area contributed by atoms with Gasteiger partial charge in [-0.15, -0.1) is 0 Å². The molecule has 3 rings (SSSR count). The summed E-state index contributed by atoms with van der Waals surface area (Å²) in [6.45, 7) is 3.61. The van der Waals surface area contributed by atoms with Crippen LogP contribution in [-0.2, 0) is 11.3 Å². The van der Waals surface area contributed by atoms with Gasteiger partial charge in [-0.25, -0.2) is 4.98 Å². The van der Waals surface area contributed by atoms with E-state index in [4.69, 9.17) is 10.5 Å². The van der Waals surface area contributed by atoms with E-state index in [0.29, 0.717) is 22.8 Å². The van der Waals surface area contributed by atoms with E-state index in [2.05, 4.69) is 37.9 Å². The Morgan fingerprint density at radius 3 is 2.81 bits per heavy atom. The van der Waals surface area contributed by atoms with E-state index in [0.717, 1.165) is 30.7 Å². The molecule has 0 spiro atoms. The topological polar surface area (TPSA) is 91.4 Å². The lowest BCUT2D eigenvalue weighted by molar-refractivity contribution is 0.213. The minimum atomic E-state index is -0.170. The van der Waals surface area contributed by atoms with Crippen LogP contribution in [0.3, 0.4) is 0 Å². The predicted molar refractivity (Wildman–Crippen MR) is 106 cm³/mol. The highest BCUT2D eigenvalue weighted by Gasteiger charge is 2.14. The molecule has 2 aromatic heterocycles. The maximum atomic E-state index is 8.55. The minimum absolute atomic E-state index is 0.170. The van der Waals surface area contributed by atoms with Crippen LogP contribution in [-0.4, -0.2) is 40.2 Å². The highest BCUT2D eigenvalue weighted by Crippen LogP contribution is 2.19. The first-order valence-electron chi connectivity index (χ1n) is 8.74. The first kappa shape index (κ1) is 20.3. The Labute approximate surface area is 159 Å². The maximum absolute atomic E-state index is 8.55. The van der Waals surface area contributed by atoms with Gasteiger partial charge in [0.1, 0.15) is 25.1 Å². The zero-order valence-electron chi connectivity index (χ0n) is 15.9. The van der Waals surface area contributed by atoms with Crippen molar-refractivity contribution in [2.24, 2.45) is 5.16 Å². The number of pyridine rings is 2. The van der Waals surface area contributed by atoms with Crippen LogP contribution >= 0.6 is 0 Å². The third-order valence-corrected chi connectivity index (χ3v) is 3.92. The Balaban J connectivity index is 0.000000198. The van der Waals surface area contributed by atoms with Crippen molar-refractivity contribution in [1.29, 1.82) is 5.41 Å². The van der Waals surface area contributed by atoms with Gasteiger partial charge in [0, 0.05) is 5.69 Å². The predicted octanol–water partition coefficient (Wildman–Crippen LogP) is 2.89. The first-order chi connectivity index (χ1) is 13.0. The molecule has 1 aliphatic rings. The molecular formula is C21H24N4O2. The fourth-order valence-electron chi connectivity index (χ4n) is 2.64. The van der Waals surface area contributed by atoms with Crippen LogP contribution in [0.4, 0.5) is 0 Å². The monoisotopic (exact) mass is 364 g/mol. The number of rotatable bonds is 2. The molecule has 0 unspecified atom stereocenters. The number of oxime groups is 1. The quantitative estimate of drug-likeness (QED) is 0.487. The van der Waals surface area contributed by atoms with E-state index in [1.54, 1.807) is 13.0 Å². The van der Waals surface area contributed by atoms with Crippen molar-refractivity contribution in [3.8, 4) is 11.8 Å². The van der Waals surface area contributed by atoms with Crippen molar-refractivity contribution in [3.05, 3.63) is 58.7 Å². The van der Waals surface area contributed by atoms with Gasteiger partial charge in [0.05, 0.1) is 17.1 Å². The standard InChI is InChI=1S/C11H12N2O2.C10H12N2/c1-9(13-15-2)11-7-3-5-10(12-11)6-4-8-14;1-7-5-6-8-3-2-4-9(11)10(8)12-7/h3,5,7,14H,8H2,1-2H3;5-6,11H,2-4H2,1H3/b13-9+;. The molecule has 0 fully saturated rings. The van der Waals surface area contributed by atoms with Gasteiger partial charge in [0.25, 0.3) is 0 Å². The molecular weight excluding hydrogens is 340 g/mol. The van der Waals surface area contributed by atoms with E-state index in [9.17, 15) is 0 Å². The van der Waals surface area contributed by atoms with Crippen molar-refractivity contribution in [3.63, 3.8) is 0 Å². The number of aryl methyl sites for hydroxylation is 2. The molecule has 0 radical (unpaired) electrons. The molecule has 2 aromatic rings. The average molecular weight is 364 g/mol. The summed E-state index contributed by atoms with van der Waals surface area (Å²) in [5.74, 6) is 5.26. The van der Waals surface area contributed by atoms with Crippen LogP contribution in [0, 0.1) is 24.2 Å².